The molecule has 1 heterocycles. The van der Waals surface area contributed by atoms with Gasteiger partial charge in [-0.25, -0.2) is 0 Å². The summed E-state index contributed by atoms with van der Waals surface area (Å²) < 4.78 is 6.92. The summed E-state index contributed by atoms with van der Waals surface area (Å²) in [4.78, 5) is 0. The van der Waals surface area contributed by atoms with E-state index in [2.05, 4.69) is 40.2 Å². The van der Waals surface area contributed by atoms with Crippen molar-refractivity contribution in [2.45, 2.75) is 0 Å². The average molecular weight is 271 g/mol. The maximum Gasteiger partial charge on any atom is 0.137 e. The fraction of sp³-hybridized carbons (Fsp3) is 0. The van der Waals surface area contributed by atoms with Crippen molar-refractivity contribution in [1.29, 1.82) is 0 Å². The summed E-state index contributed by atoms with van der Waals surface area (Å²) in [6.45, 7) is 0. The van der Waals surface area contributed by atoms with E-state index in [1.807, 2.05) is 18.2 Å². The minimum absolute atomic E-state index is 0.955. The lowest BCUT2D eigenvalue weighted by Crippen LogP contribution is -1.75. The molecule has 1 aromatic heterocycles. The SMILES string of the molecule is Brc1cc2ccc3cccc4oc(c1)c2c34. The lowest BCUT2D eigenvalue weighted by atomic mass is 10.0. The Morgan fingerprint density at radius 3 is 2.56 bits per heavy atom. The Hall–Kier alpha value is -1.54. The van der Waals surface area contributed by atoms with Crippen LogP contribution in [-0.2, 0) is 0 Å². The Morgan fingerprint density at radius 1 is 0.812 bits per heavy atom. The van der Waals surface area contributed by atoms with Gasteiger partial charge in [-0.3, -0.25) is 0 Å². The number of furan rings is 1. The number of rotatable bonds is 0. The molecule has 2 heteroatoms. The zero-order valence-electron chi connectivity index (χ0n) is 8.33. The van der Waals surface area contributed by atoms with Crippen molar-refractivity contribution in [3.05, 3.63) is 46.9 Å². The van der Waals surface area contributed by atoms with Gasteiger partial charge >= 0.3 is 0 Å². The molecule has 4 aromatic rings. The van der Waals surface area contributed by atoms with Crippen molar-refractivity contribution in [2.75, 3.05) is 0 Å². The van der Waals surface area contributed by atoms with E-state index in [0.29, 0.717) is 0 Å². The van der Waals surface area contributed by atoms with Gasteiger partial charge in [0.05, 0.1) is 0 Å². The fourth-order valence-electron chi connectivity index (χ4n) is 2.42. The van der Waals surface area contributed by atoms with Gasteiger partial charge in [0, 0.05) is 15.2 Å². The van der Waals surface area contributed by atoms with Crippen molar-refractivity contribution in [1.82, 2.24) is 0 Å². The third-order valence-corrected chi connectivity index (χ3v) is 3.53. The van der Waals surface area contributed by atoms with Crippen molar-refractivity contribution < 1.29 is 4.42 Å². The van der Waals surface area contributed by atoms with E-state index >= 15 is 0 Å². The van der Waals surface area contributed by atoms with Crippen LogP contribution in [0.4, 0.5) is 0 Å². The molecule has 3 aromatic carbocycles. The number of hydrogen-bond acceptors (Lipinski definition) is 1. The van der Waals surface area contributed by atoms with E-state index in [9.17, 15) is 0 Å². The number of benzene rings is 3. The monoisotopic (exact) mass is 270 g/mol. The van der Waals surface area contributed by atoms with Crippen LogP contribution in [0.5, 0.6) is 0 Å². The Bertz CT molecular complexity index is 813. The Kier molecular flexibility index (Phi) is 1.49. The largest absolute Gasteiger partial charge is 0.456 e. The Balaban J connectivity index is 2.48. The smallest absolute Gasteiger partial charge is 0.137 e. The van der Waals surface area contributed by atoms with Crippen LogP contribution in [0.1, 0.15) is 0 Å². The molecule has 0 atom stereocenters. The van der Waals surface area contributed by atoms with Crippen LogP contribution in [0, 0.1) is 0 Å². The molecule has 0 radical (unpaired) electrons. The van der Waals surface area contributed by atoms with Crippen LogP contribution in [0.15, 0.2) is 51.4 Å². The zero-order chi connectivity index (χ0) is 10.7. The van der Waals surface area contributed by atoms with Gasteiger partial charge < -0.3 is 4.42 Å². The molecule has 76 valence electrons. The zero-order valence-corrected chi connectivity index (χ0v) is 9.91. The Morgan fingerprint density at radius 2 is 1.62 bits per heavy atom. The standard InChI is InChI=1S/C14H7BrO/c15-10-6-9-5-4-8-2-1-3-11-13(8)14(9)12(7-10)16-11/h1-7H. The van der Waals surface area contributed by atoms with E-state index in [4.69, 9.17) is 4.42 Å². The first-order chi connectivity index (χ1) is 7.83. The normalized spacial score (nSPS) is 12.1. The predicted octanol–water partition coefficient (Wildman–Crippen LogP) is 4.94. The van der Waals surface area contributed by atoms with E-state index in [0.717, 1.165) is 15.6 Å². The average Bonchev–Trinajstić information content (AvgIpc) is 2.64. The summed E-state index contributed by atoms with van der Waals surface area (Å²) >= 11 is 3.51. The van der Waals surface area contributed by atoms with Crippen molar-refractivity contribution >= 4 is 48.6 Å². The molecule has 0 aliphatic rings. The molecule has 0 bridgehead atoms. The summed E-state index contributed by atoms with van der Waals surface area (Å²) in [7, 11) is 0. The van der Waals surface area contributed by atoms with Crippen molar-refractivity contribution in [3.8, 4) is 0 Å². The molecule has 0 saturated carbocycles. The van der Waals surface area contributed by atoms with Gasteiger partial charge in [0.2, 0.25) is 0 Å². The highest BCUT2D eigenvalue weighted by atomic mass is 79.9. The number of halogens is 1. The molecule has 1 nitrogen and oxygen atoms in total. The van der Waals surface area contributed by atoms with Gasteiger partial charge in [-0.15, -0.1) is 0 Å². The molecule has 0 amide bonds. The second kappa shape index (κ2) is 2.77. The first kappa shape index (κ1) is 8.59. The lowest BCUT2D eigenvalue weighted by Gasteiger charge is -2.00. The topological polar surface area (TPSA) is 13.1 Å². The van der Waals surface area contributed by atoms with Gasteiger partial charge in [-0.2, -0.15) is 0 Å². The van der Waals surface area contributed by atoms with E-state index in [-0.39, 0.29) is 0 Å². The third kappa shape index (κ3) is 0.952. The van der Waals surface area contributed by atoms with Crippen LogP contribution >= 0.6 is 15.9 Å². The third-order valence-electron chi connectivity index (χ3n) is 3.07. The number of hydrogen-bond donors (Lipinski definition) is 0. The second-order valence-corrected chi connectivity index (χ2v) is 4.94. The molecule has 4 rings (SSSR count). The molecular formula is C14H7BrO. The first-order valence-electron chi connectivity index (χ1n) is 5.16. The highest BCUT2D eigenvalue weighted by Gasteiger charge is 2.12. The maximum absolute atomic E-state index is 5.86. The highest BCUT2D eigenvalue weighted by Crippen LogP contribution is 2.38. The maximum atomic E-state index is 5.86. The summed E-state index contributed by atoms with van der Waals surface area (Å²) in [5, 5.41) is 4.94. The van der Waals surface area contributed by atoms with Gasteiger partial charge in [-0.05, 0) is 29.0 Å². The van der Waals surface area contributed by atoms with E-state index in [1.54, 1.807) is 0 Å². The van der Waals surface area contributed by atoms with Gasteiger partial charge in [0.25, 0.3) is 0 Å². The molecule has 0 spiro atoms. The molecule has 16 heavy (non-hydrogen) atoms. The molecule has 0 N–H and O–H groups in total. The van der Waals surface area contributed by atoms with Gasteiger partial charge in [0.15, 0.2) is 0 Å². The van der Waals surface area contributed by atoms with E-state index in [1.165, 1.54) is 21.5 Å². The molecule has 0 unspecified atom stereocenters. The quantitative estimate of drug-likeness (QED) is 0.413. The van der Waals surface area contributed by atoms with Crippen molar-refractivity contribution in [3.63, 3.8) is 0 Å². The molecule has 0 aliphatic heterocycles. The minimum atomic E-state index is 0.955. The first-order valence-corrected chi connectivity index (χ1v) is 5.95. The molecule has 0 fully saturated rings. The second-order valence-electron chi connectivity index (χ2n) is 4.02. The summed E-state index contributed by atoms with van der Waals surface area (Å²) in [5.41, 5.74) is 1.92. The van der Waals surface area contributed by atoms with Crippen LogP contribution in [0.3, 0.4) is 0 Å². The van der Waals surface area contributed by atoms with Gasteiger partial charge in [-0.1, -0.05) is 40.2 Å². The van der Waals surface area contributed by atoms with Crippen LogP contribution in [0.25, 0.3) is 32.7 Å². The highest BCUT2D eigenvalue weighted by molar-refractivity contribution is 9.10. The minimum Gasteiger partial charge on any atom is -0.456 e. The summed E-state index contributed by atoms with van der Waals surface area (Å²) in [6, 6.07) is 14.6. The lowest BCUT2D eigenvalue weighted by molar-refractivity contribution is 0.669. The molecule has 0 saturated heterocycles. The molecular weight excluding hydrogens is 264 g/mol. The van der Waals surface area contributed by atoms with Gasteiger partial charge in [0.1, 0.15) is 11.2 Å². The van der Waals surface area contributed by atoms with Crippen molar-refractivity contribution in [2.24, 2.45) is 0 Å². The fourth-order valence-corrected chi connectivity index (χ4v) is 2.87. The summed E-state index contributed by atoms with van der Waals surface area (Å²) in [5.74, 6) is 0. The predicted molar refractivity (Wildman–Crippen MR) is 70.1 cm³/mol. The molecule has 0 aliphatic carbocycles. The Labute approximate surface area is 100 Å². The van der Waals surface area contributed by atoms with E-state index < -0.39 is 0 Å². The van der Waals surface area contributed by atoms with Crippen LogP contribution < -0.4 is 0 Å². The van der Waals surface area contributed by atoms with Crippen LogP contribution in [-0.4, -0.2) is 0 Å². The van der Waals surface area contributed by atoms with Crippen LogP contribution in [0.2, 0.25) is 0 Å². The summed E-state index contributed by atoms with van der Waals surface area (Å²) in [6.07, 6.45) is 0.